The summed E-state index contributed by atoms with van der Waals surface area (Å²) in [6.07, 6.45) is 6.57. The standard InChI is InChI=1S/C23H27N5O4/c1-18-3-5-20(6-4-18)32-14-12-27(2)23(30)17-28-16-19(15-25-28)26-22(29)9-13-31-21-7-10-24-11-8-21/h3-8,10-11,15-16H,9,12-14,17H2,1-2H3,(H,26,29). The molecule has 0 bridgehead atoms. The normalized spacial score (nSPS) is 10.4. The van der Waals surface area contributed by atoms with Crippen LogP contribution in [0.15, 0.2) is 61.2 Å². The van der Waals surface area contributed by atoms with E-state index in [9.17, 15) is 9.59 Å². The molecule has 0 fully saturated rings. The van der Waals surface area contributed by atoms with Crippen LogP contribution >= 0.6 is 0 Å². The predicted molar refractivity (Wildman–Crippen MR) is 120 cm³/mol. The fraction of sp³-hybridized carbons (Fsp3) is 0.304. The molecule has 0 aliphatic rings. The number of carbonyl (C=O) groups is 2. The monoisotopic (exact) mass is 437 g/mol. The van der Waals surface area contributed by atoms with Crippen LogP contribution in [0, 0.1) is 6.92 Å². The van der Waals surface area contributed by atoms with Crippen LogP contribution in [-0.4, -0.2) is 58.3 Å². The number of likely N-dealkylation sites (N-methyl/N-ethyl adjacent to an activating group) is 1. The Kier molecular flexibility index (Phi) is 8.19. The van der Waals surface area contributed by atoms with Crippen molar-refractivity contribution in [2.45, 2.75) is 19.9 Å². The van der Waals surface area contributed by atoms with E-state index >= 15 is 0 Å². The van der Waals surface area contributed by atoms with E-state index in [4.69, 9.17) is 9.47 Å². The maximum Gasteiger partial charge on any atom is 0.244 e. The number of aryl methyl sites for hydroxylation is 1. The minimum absolute atomic E-state index is 0.0715. The summed E-state index contributed by atoms with van der Waals surface area (Å²) >= 11 is 0. The van der Waals surface area contributed by atoms with Crippen molar-refractivity contribution in [3.8, 4) is 11.5 Å². The van der Waals surface area contributed by atoms with Gasteiger partial charge in [-0.3, -0.25) is 19.3 Å². The molecule has 2 aromatic heterocycles. The molecule has 2 heterocycles. The molecule has 1 aromatic carbocycles. The largest absolute Gasteiger partial charge is 0.493 e. The van der Waals surface area contributed by atoms with Crippen molar-refractivity contribution in [2.24, 2.45) is 0 Å². The molecule has 0 saturated carbocycles. The summed E-state index contributed by atoms with van der Waals surface area (Å²) in [5.41, 5.74) is 1.69. The van der Waals surface area contributed by atoms with Gasteiger partial charge in [-0.05, 0) is 31.2 Å². The van der Waals surface area contributed by atoms with Crippen LogP contribution < -0.4 is 14.8 Å². The van der Waals surface area contributed by atoms with Gasteiger partial charge in [0.15, 0.2) is 0 Å². The minimum atomic E-state index is -0.199. The summed E-state index contributed by atoms with van der Waals surface area (Å²) in [7, 11) is 1.72. The number of aromatic nitrogens is 3. The highest BCUT2D eigenvalue weighted by Crippen LogP contribution is 2.11. The summed E-state index contributed by atoms with van der Waals surface area (Å²) < 4.78 is 12.6. The Bertz CT molecular complexity index is 1000. The van der Waals surface area contributed by atoms with Gasteiger partial charge >= 0.3 is 0 Å². The van der Waals surface area contributed by atoms with Gasteiger partial charge in [-0.2, -0.15) is 5.10 Å². The van der Waals surface area contributed by atoms with Crippen LogP contribution in [-0.2, 0) is 16.1 Å². The summed E-state index contributed by atoms with van der Waals surface area (Å²) in [5.74, 6) is 1.13. The summed E-state index contributed by atoms with van der Waals surface area (Å²) in [6.45, 7) is 3.18. The van der Waals surface area contributed by atoms with Crippen molar-refractivity contribution in [2.75, 3.05) is 32.1 Å². The molecule has 0 spiro atoms. The second-order valence-corrected chi connectivity index (χ2v) is 7.23. The lowest BCUT2D eigenvalue weighted by Crippen LogP contribution is -2.33. The van der Waals surface area contributed by atoms with Crippen molar-refractivity contribution in [1.82, 2.24) is 19.7 Å². The van der Waals surface area contributed by atoms with Crippen LogP contribution in [0.1, 0.15) is 12.0 Å². The molecule has 0 unspecified atom stereocenters. The van der Waals surface area contributed by atoms with Gasteiger partial charge in [0.05, 0.1) is 31.5 Å². The first-order valence-electron chi connectivity index (χ1n) is 10.3. The molecule has 0 saturated heterocycles. The third-order valence-corrected chi connectivity index (χ3v) is 4.60. The molecule has 3 aromatic rings. The molecule has 168 valence electrons. The molecule has 0 aliphatic heterocycles. The van der Waals surface area contributed by atoms with Gasteiger partial charge < -0.3 is 19.7 Å². The second kappa shape index (κ2) is 11.5. The quantitative estimate of drug-likeness (QED) is 0.495. The maximum absolute atomic E-state index is 12.4. The number of nitrogens with one attached hydrogen (secondary N) is 1. The molecule has 9 heteroatoms. The van der Waals surface area contributed by atoms with Crippen LogP contribution in [0.3, 0.4) is 0 Å². The van der Waals surface area contributed by atoms with Gasteiger partial charge in [-0.1, -0.05) is 17.7 Å². The van der Waals surface area contributed by atoms with Crippen LogP contribution in [0.2, 0.25) is 0 Å². The highest BCUT2D eigenvalue weighted by atomic mass is 16.5. The summed E-state index contributed by atoms with van der Waals surface area (Å²) in [5, 5.41) is 6.89. The van der Waals surface area contributed by atoms with Crippen molar-refractivity contribution in [3.05, 3.63) is 66.7 Å². The van der Waals surface area contributed by atoms with Crippen molar-refractivity contribution >= 4 is 17.5 Å². The van der Waals surface area contributed by atoms with Crippen molar-refractivity contribution in [1.29, 1.82) is 0 Å². The van der Waals surface area contributed by atoms with Gasteiger partial charge in [0.2, 0.25) is 11.8 Å². The van der Waals surface area contributed by atoms with E-state index in [0.29, 0.717) is 24.6 Å². The number of benzene rings is 1. The van der Waals surface area contributed by atoms with Gasteiger partial charge in [0.25, 0.3) is 0 Å². The number of amides is 2. The van der Waals surface area contributed by atoms with Crippen LogP contribution in [0.5, 0.6) is 11.5 Å². The van der Waals surface area contributed by atoms with Crippen molar-refractivity contribution < 1.29 is 19.1 Å². The molecule has 3 rings (SSSR count). The van der Waals surface area contributed by atoms with E-state index in [1.807, 2.05) is 31.2 Å². The SMILES string of the molecule is Cc1ccc(OCCN(C)C(=O)Cn2cc(NC(=O)CCOc3ccncc3)cn2)cc1. The Morgan fingerprint density at radius 3 is 2.47 bits per heavy atom. The fourth-order valence-electron chi connectivity index (χ4n) is 2.75. The molecular weight excluding hydrogens is 410 g/mol. The molecule has 32 heavy (non-hydrogen) atoms. The summed E-state index contributed by atoms with van der Waals surface area (Å²) in [6, 6.07) is 11.2. The smallest absolute Gasteiger partial charge is 0.244 e. The van der Waals surface area contributed by atoms with Crippen LogP contribution in [0.25, 0.3) is 0 Å². The molecule has 9 nitrogen and oxygen atoms in total. The lowest BCUT2D eigenvalue weighted by atomic mass is 10.2. The number of carbonyl (C=O) groups excluding carboxylic acids is 2. The Morgan fingerprint density at radius 1 is 1.03 bits per heavy atom. The molecule has 2 amide bonds. The Hall–Kier alpha value is -3.88. The zero-order valence-electron chi connectivity index (χ0n) is 18.2. The molecule has 0 atom stereocenters. The van der Waals surface area contributed by atoms with E-state index in [0.717, 1.165) is 11.3 Å². The van der Waals surface area contributed by atoms with Gasteiger partial charge in [-0.25, -0.2) is 0 Å². The topological polar surface area (TPSA) is 98.6 Å². The number of anilines is 1. The number of pyridine rings is 1. The first-order chi connectivity index (χ1) is 15.5. The predicted octanol–water partition coefficient (Wildman–Crippen LogP) is 2.53. The van der Waals surface area contributed by atoms with Gasteiger partial charge in [0.1, 0.15) is 24.7 Å². The number of nitrogens with zero attached hydrogens (tertiary/aromatic N) is 4. The average Bonchev–Trinajstić information content (AvgIpc) is 3.22. The van der Waals surface area contributed by atoms with Crippen LogP contribution in [0.4, 0.5) is 5.69 Å². The van der Waals surface area contributed by atoms with E-state index < -0.39 is 0 Å². The first kappa shape index (κ1) is 22.8. The van der Waals surface area contributed by atoms with Gasteiger partial charge in [0, 0.05) is 25.6 Å². The van der Waals surface area contributed by atoms with E-state index in [1.165, 1.54) is 10.9 Å². The highest BCUT2D eigenvalue weighted by Gasteiger charge is 2.12. The molecule has 0 aliphatic carbocycles. The molecular formula is C23H27N5O4. The zero-order valence-corrected chi connectivity index (χ0v) is 18.2. The number of ether oxygens (including phenoxy) is 2. The van der Waals surface area contributed by atoms with E-state index in [2.05, 4.69) is 15.4 Å². The molecule has 1 N–H and O–H groups in total. The fourth-order valence-corrected chi connectivity index (χ4v) is 2.75. The average molecular weight is 438 g/mol. The first-order valence-corrected chi connectivity index (χ1v) is 10.3. The van der Waals surface area contributed by atoms with Crippen molar-refractivity contribution in [3.63, 3.8) is 0 Å². The third kappa shape index (κ3) is 7.42. The molecule has 0 radical (unpaired) electrons. The Morgan fingerprint density at radius 2 is 1.72 bits per heavy atom. The maximum atomic E-state index is 12.4. The van der Waals surface area contributed by atoms with E-state index in [1.54, 1.807) is 42.7 Å². The van der Waals surface area contributed by atoms with E-state index in [-0.39, 0.29) is 31.4 Å². The Labute approximate surface area is 187 Å². The third-order valence-electron chi connectivity index (χ3n) is 4.60. The Balaban J connectivity index is 1.36. The lowest BCUT2D eigenvalue weighted by Gasteiger charge is -2.17. The second-order valence-electron chi connectivity index (χ2n) is 7.23. The van der Waals surface area contributed by atoms with Gasteiger partial charge in [-0.15, -0.1) is 0 Å². The number of hydrogen-bond acceptors (Lipinski definition) is 6. The summed E-state index contributed by atoms with van der Waals surface area (Å²) in [4.78, 5) is 30.0. The number of rotatable bonds is 11. The minimum Gasteiger partial charge on any atom is -0.493 e. The number of hydrogen-bond donors (Lipinski definition) is 1. The zero-order chi connectivity index (χ0) is 22.8. The lowest BCUT2D eigenvalue weighted by molar-refractivity contribution is -0.131. The highest BCUT2D eigenvalue weighted by molar-refractivity contribution is 5.90.